The summed E-state index contributed by atoms with van der Waals surface area (Å²) in [5.74, 6) is 0.478. The third-order valence-electron chi connectivity index (χ3n) is 8.11. The molecule has 6 rings (SSSR count). The molecule has 4 heterocycles. The van der Waals surface area contributed by atoms with Crippen molar-refractivity contribution in [3.8, 4) is 11.3 Å². The van der Waals surface area contributed by atoms with Crippen LogP contribution in [0.5, 0.6) is 0 Å². The summed E-state index contributed by atoms with van der Waals surface area (Å²) in [6.07, 6.45) is 3.49. The number of nitrogens with zero attached hydrogens (tertiary/aromatic N) is 5. The number of carbonyl (C=O) groups excluding carboxylic acids is 2. The van der Waals surface area contributed by atoms with Crippen molar-refractivity contribution in [2.75, 3.05) is 24.1 Å². The van der Waals surface area contributed by atoms with Gasteiger partial charge in [0.2, 0.25) is 5.91 Å². The van der Waals surface area contributed by atoms with E-state index in [-0.39, 0.29) is 28.6 Å². The molecule has 1 saturated carbocycles. The third kappa shape index (κ3) is 4.87. The number of likely N-dealkylation sites (tertiary alicyclic amines) is 1. The van der Waals surface area contributed by atoms with Crippen LogP contribution in [0.2, 0.25) is 0 Å². The van der Waals surface area contributed by atoms with Crippen molar-refractivity contribution in [2.24, 2.45) is 5.41 Å². The van der Waals surface area contributed by atoms with Crippen LogP contribution < -0.4 is 11.1 Å². The second-order valence-corrected chi connectivity index (χ2v) is 10.7. The molecule has 3 N–H and O–H groups in total. The SMILES string of the molecule is CC[C@H](CN1CCC2(CC2)C1=O)c1nc(-c2ccc(C(=O)Nc3cc(C(F)(F)F)ccn3)cc2)c2c(N)nccn12. The lowest BCUT2D eigenvalue weighted by Crippen LogP contribution is -2.32. The Morgan fingerprint density at radius 2 is 1.88 bits per heavy atom. The summed E-state index contributed by atoms with van der Waals surface area (Å²) < 4.78 is 41.0. The molecule has 12 heteroatoms. The molecule has 2 amide bonds. The molecule has 0 unspecified atom stereocenters. The highest BCUT2D eigenvalue weighted by atomic mass is 19.4. The van der Waals surface area contributed by atoms with Crippen molar-refractivity contribution in [3.63, 3.8) is 0 Å². The first-order valence-electron chi connectivity index (χ1n) is 13.5. The molecule has 1 aliphatic heterocycles. The van der Waals surface area contributed by atoms with Crippen molar-refractivity contribution in [3.05, 3.63) is 71.9 Å². The number of hydrogen-bond acceptors (Lipinski definition) is 6. The highest BCUT2D eigenvalue weighted by molar-refractivity contribution is 6.04. The molecular weight excluding hydrogens is 535 g/mol. The second-order valence-electron chi connectivity index (χ2n) is 10.7. The molecule has 4 aromatic rings. The van der Waals surface area contributed by atoms with E-state index < -0.39 is 17.6 Å². The zero-order valence-electron chi connectivity index (χ0n) is 22.3. The molecule has 0 radical (unpaired) electrons. The quantitative estimate of drug-likeness (QED) is 0.321. The number of fused-ring (bicyclic) bond motifs is 1. The fraction of sp³-hybridized carbons (Fsp3) is 0.345. The molecule has 3 aromatic heterocycles. The van der Waals surface area contributed by atoms with Crippen molar-refractivity contribution < 1.29 is 22.8 Å². The number of aromatic nitrogens is 4. The van der Waals surface area contributed by atoms with E-state index in [9.17, 15) is 22.8 Å². The fourth-order valence-electron chi connectivity index (χ4n) is 5.56. The Labute approximate surface area is 233 Å². The van der Waals surface area contributed by atoms with Crippen molar-refractivity contribution >= 4 is 29.0 Å². The minimum atomic E-state index is -4.55. The molecule has 2 aliphatic rings. The number of anilines is 2. The van der Waals surface area contributed by atoms with Gasteiger partial charge < -0.3 is 16.0 Å². The number of amides is 2. The number of nitrogen functional groups attached to an aromatic ring is 1. The Hall–Kier alpha value is -4.48. The summed E-state index contributed by atoms with van der Waals surface area (Å²) in [7, 11) is 0. The number of pyridine rings is 1. The zero-order chi connectivity index (χ0) is 28.9. The lowest BCUT2D eigenvalue weighted by molar-refractivity contribution is -0.137. The smallest absolute Gasteiger partial charge is 0.382 e. The first kappa shape index (κ1) is 26.7. The standard InChI is InChI=1S/C29H28F3N7O2/c1-2-17(16-38-13-10-28(8-9-28)27(38)41)25-37-22(23-24(33)35-12-14-39(23)25)18-3-5-19(6-4-18)26(40)36-21-15-20(7-11-34-21)29(30,31)32/h3-7,11-12,14-15,17H,2,8-10,13,16H2,1H3,(H2,33,35)(H,34,36,40)/t17-/m1/s1. The first-order valence-corrected chi connectivity index (χ1v) is 13.5. The molecule has 9 nitrogen and oxygen atoms in total. The molecule has 1 saturated heterocycles. The van der Waals surface area contributed by atoms with Gasteiger partial charge in [0, 0.05) is 48.7 Å². The molecule has 1 aromatic carbocycles. The number of nitrogens with one attached hydrogen (secondary N) is 1. The maximum atomic E-state index is 13.0. The van der Waals surface area contributed by atoms with Gasteiger partial charge in [-0.05, 0) is 49.9 Å². The van der Waals surface area contributed by atoms with E-state index in [1.807, 2.05) is 9.30 Å². The molecule has 1 spiro atoms. The summed E-state index contributed by atoms with van der Waals surface area (Å²) in [6, 6.07) is 8.15. The molecule has 1 atom stereocenters. The van der Waals surface area contributed by atoms with Gasteiger partial charge in [-0.3, -0.25) is 14.0 Å². The van der Waals surface area contributed by atoms with E-state index in [0.717, 1.165) is 56.4 Å². The van der Waals surface area contributed by atoms with Crippen LogP contribution in [0, 0.1) is 5.41 Å². The van der Waals surface area contributed by atoms with Gasteiger partial charge in [-0.1, -0.05) is 19.1 Å². The van der Waals surface area contributed by atoms with Crippen LogP contribution in [-0.4, -0.2) is 49.2 Å². The van der Waals surface area contributed by atoms with E-state index >= 15 is 0 Å². The Balaban J connectivity index is 1.27. The van der Waals surface area contributed by atoms with Gasteiger partial charge in [0.15, 0.2) is 0 Å². The number of benzene rings is 1. The van der Waals surface area contributed by atoms with Crippen LogP contribution in [-0.2, 0) is 11.0 Å². The van der Waals surface area contributed by atoms with E-state index in [2.05, 4.69) is 22.2 Å². The summed E-state index contributed by atoms with van der Waals surface area (Å²) in [6.45, 7) is 3.39. The van der Waals surface area contributed by atoms with Gasteiger partial charge in [0.05, 0.1) is 11.0 Å². The Bertz CT molecular complexity index is 1640. The number of alkyl halides is 3. The summed E-state index contributed by atoms with van der Waals surface area (Å²) in [5, 5.41) is 2.41. The first-order chi connectivity index (χ1) is 19.6. The normalized spacial score (nSPS) is 16.9. The highest BCUT2D eigenvalue weighted by Gasteiger charge is 2.55. The third-order valence-corrected chi connectivity index (χ3v) is 8.11. The zero-order valence-corrected chi connectivity index (χ0v) is 22.3. The average Bonchev–Trinajstić information content (AvgIpc) is 3.56. The molecule has 41 heavy (non-hydrogen) atoms. The van der Waals surface area contributed by atoms with Gasteiger partial charge in [-0.15, -0.1) is 0 Å². The Kier molecular flexibility index (Phi) is 6.43. The molecule has 1 aliphatic carbocycles. The number of rotatable bonds is 7. The monoisotopic (exact) mass is 563 g/mol. The maximum Gasteiger partial charge on any atom is 0.416 e. The van der Waals surface area contributed by atoms with Crippen LogP contribution in [0.25, 0.3) is 16.8 Å². The summed E-state index contributed by atoms with van der Waals surface area (Å²) in [5.41, 5.74) is 7.39. The summed E-state index contributed by atoms with van der Waals surface area (Å²) >= 11 is 0. The fourth-order valence-corrected chi connectivity index (χ4v) is 5.56. The second kappa shape index (κ2) is 9.86. The van der Waals surface area contributed by atoms with E-state index in [1.165, 1.54) is 0 Å². The maximum absolute atomic E-state index is 13.0. The average molecular weight is 564 g/mol. The van der Waals surface area contributed by atoms with Crippen molar-refractivity contribution in [2.45, 2.75) is 44.7 Å². The van der Waals surface area contributed by atoms with E-state index in [4.69, 9.17) is 10.7 Å². The minimum Gasteiger partial charge on any atom is -0.382 e. The van der Waals surface area contributed by atoms with Crippen molar-refractivity contribution in [1.82, 2.24) is 24.3 Å². The van der Waals surface area contributed by atoms with Gasteiger partial charge in [-0.25, -0.2) is 15.0 Å². The van der Waals surface area contributed by atoms with Crippen LogP contribution in [0.3, 0.4) is 0 Å². The number of halogens is 3. The Morgan fingerprint density at radius 3 is 2.54 bits per heavy atom. The van der Waals surface area contributed by atoms with Gasteiger partial charge in [0.25, 0.3) is 5.91 Å². The summed E-state index contributed by atoms with van der Waals surface area (Å²) in [4.78, 5) is 40.7. The molecule has 2 fully saturated rings. The number of carbonyl (C=O) groups is 2. The largest absolute Gasteiger partial charge is 0.416 e. The number of imidazole rings is 1. The predicted molar refractivity (Wildman–Crippen MR) is 146 cm³/mol. The van der Waals surface area contributed by atoms with Crippen LogP contribution in [0.1, 0.15) is 60.3 Å². The van der Waals surface area contributed by atoms with Gasteiger partial charge in [-0.2, -0.15) is 13.2 Å². The van der Waals surface area contributed by atoms with E-state index in [1.54, 1.807) is 36.7 Å². The van der Waals surface area contributed by atoms with Gasteiger partial charge in [0.1, 0.15) is 28.7 Å². The van der Waals surface area contributed by atoms with E-state index in [0.29, 0.717) is 29.1 Å². The lowest BCUT2D eigenvalue weighted by atomic mass is 10.0. The lowest BCUT2D eigenvalue weighted by Gasteiger charge is -2.22. The van der Waals surface area contributed by atoms with Gasteiger partial charge >= 0.3 is 6.18 Å². The topological polar surface area (TPSA) is 119 Å². The molecule has 0 bridgehead atoms. The Morgan fingerprint density at radius 1 is 1.12 bits per heavy atom. The number of hydrogen-bond donors (Lipinski definition) is 2. The predicted octanol–water partition coefficient (Wildman–Crippen LogP) is 5.15. The van der Waals surface area contributed by atoms with Crippen LogP contribution in [0.15, 0.2) is 55.0 Å². The minimum absolute atomic E-state index is 0.0269. The molecule has 212 valence electrons. The highest BCUT2D eigenvalue weighted by Crippen LogP contribution is 2.54. The van der Waals surface area contributed by atoms with Crippen LogP contribution in [0.4, 0.5) is 24.8 Å². The van der Waals surface area contributed by atoms with Crippen LogP contribution >= 0.6 is 0 Å². The van der Waals surface area contributed by atoms with Crippen molar-refractivity contribution in [1.29, 1.82) is 0 Å². The number of nitrogens with two attached hydrogens (primary N) is 1. The molecular formula is C29H28F3N7O2.